The van der Waals surface area contributed by atoms with Crippen LogP contribution >= 0.6 is 0 Å². The topological polar surface area (TPSA) is 85.6 Å². The van der Waals surface area contributed by atoms with Gasteiger partial charge in [0.1, 0.15) is 6.23 Å². The second-order valence-corrected chi connectivity index (χ2v) is 6.40. The number of ether oxygens (including phenoxy) is 2. The van der Waals surface area contributed by atoms with Crippen molar-refractivity contribution in [1.29, 1.82) is 0 Å². The fraction of sp³-hybridized carbons (Fsp3) is 0.444. The minimum Gasteiger partial charge on any atom is -0.450 e. The average molecular weight is 343 g/mol. The molecule has 0 amide bonds. The average Bonchev–Trinajstić information content (AvgIpc) is 2.95. The zero-order valence-corrected chi connectivity index (χ0v) is 14.2. The van der Waals surface area contributed by atoms with E-state index in [1.54, 1.807) is 6.20 Å². The summed E-state index contributed by atoms with van der Waals surface area (Å²) in [5, 5.41) is 13.5. The number of hydrogen-bond acceptors (Lipinski definition) is 6. The molecule has 2 N–H and O–H groups in total. The minimum atomic E-state index is -0.595. The molecule has 7 nitrogen and oxygen atoms in total. The van der Waals surface area contributed by atoms with Crippen LogP contribution in [-0.4, -0.2) is 26.9 Å². The van der Waals surface area contributed by atoms with Crippen molar-refractivity contribution in [3.63, 3.8) is 0 Å². The van der Waals surface area contributed by atoms with Gasteiger partial charge in [0.2, 0.25) is 0 Å². The molecule has 25 heavy (non-hydrogen) atoms. The summed E-state index contributed by atoms with van der Waals surface area (Å²) >= 11 is 0. The monoisotopic (exact) mass is 343 g/mol. The molecule has 0 bridgehead atoms. The molecule has 1 fully saturated rings. The number of para-hydroxylation sites is 2. The molecule has 1 aromatic heterocycles. The molecule has 2 aliphatic rings. The Morgan fingerprint density at radius 3 is 2.80 bits per heavy atom. The van der Waals surface area contributed by atoms with Gasteiger partial charge in [-0.3, -0.25) is 4.57 Å². The van der Waals surface area contributed by atoms with E-state index in [4.69, 9.17) is 9.47 Å². The molecule has 132 valence electrons. The van der Waals surface area contributed by atoms with Gasteiger partial charge < -0.3 is 19.9 Å². The molecular formula is C18H21N3O4. The van der Waals surface area contributed by atoms with Crippen molar-refractivity contribution in [2.75, 3.05) is 5.32 Å². The predicted octanol–water partition coefficient (Wildman–Crippen LogP) is 2.79. The minimum absolute atomic E-state index is 0.161. The Morgan fingerprint density at radius 2 is 2.04 bits per heavy atom. The highest BCUT2D eigenvalue weighted by molar-refractivity contribution is 5.72. The Bertz CT molecular complexity index is 850. The van der Waals surface area contributed by atoms with Crippen molar-refractivity contribution in [1.82, 2.24) is 9.55 Å². The molecular weight excluding hydrogens is 322 g/mol. The third-order valence-corrected chi connectivity index (χ3v) is 4.93. The number of aliphatic hydroxyl groups is 1. The summed E-state index contributed by atoms with van der Waals surface area (Å²) in [6, 6.07) is 7.47. The molecule has 0 saturated carbocycles. The Hall–Kier alpha value is -2.38. The van der Waals surface area contributed by atoms with Crippen LogP contribution in [0.25, 0.3) is 0 Å². The molecule has 2 aromatic rings. The molecule has 2 aliphatic heterocycles. The molecule has 0 radical (unpaired) electrons. The summed E-state index contributed by atoms with van der Waals surface area (Å²) in [5.41, 5.74) is 0.339. The van der Waals surface area contributed by atoms with E-state index >= 15 is 0 Å². The van der Waals surface area contributed by atoms with Gasteiger partial charge in [-0.2, -0.15) is 4.98 Å². The maximum atomic E-state index is 12.5. The summed E-state index contributed by atoms with van der Waals surface area (Å²) in [5.74, 6) is 1.36. The van der Waals surface area contributed by atoms with E-state index in [9.17, 15) is 9.90 Å². The van der Waals surface area contributed by atoms with E-state index in [-0.39, 0.29) is 12.0 Å². The molecule has 1 aromatic carbocycles. The molecule has 4 rings (SSSR count). The van der Waals surface area contributed by atoms with Gasteiger partial charge >= 0.3 is 5.69 Å². The zero-order chi connectivity index (χ0) is 17.6. The van der Waals surface area contributed by atoms with Gasteiger partial charge in [-0.05, 0) is 25.0 Å². The maximum Gasteiger partial charge on any atom is 0.351 e. The highest BCUT2D eigenvalue weighted by Crippen LogP contribution is 2.42. The fourth-order valence-electron chi connectivity index (χ4n) is 3.56. The van der Waals surface area contributed by atoms with Gasteiger partial charge in [0, 0.05) is 5.92 Å². The fourth-order valence-corrected chi connectivity index (χ4v) is 3.56. The van der Waals surface area contributed by atoms with Crippen molar-refractivity contribution in [2.45, 2.75) is 45.1 Å². The standard InChI is InChI=1S/C18H21N3O4/c1-3-10-15(22)12(4-2)25-17(10)21-9-14-16(20-18(21)23)19-11-7-5-6-8-13(11)24-14/h5-10,12,15,17,22H,3-4H2,1-2H3,(H,19,20,23). The van der Waals surface area contributed by atoms with E-state index in [0.717, 1.165) is 5.69 Å². The molecule has 4 unspecified atom stereocenters. The molecule has 3 heterocycles. The number of nitrogens with zero attached hydrogens (tertiary/aromatic N) is 2. The van der Waals surface area contributed by atoms with E-state index in [0.29, 0.717) is 30.2 Å². The van der Waals surface area contributed by atoms with Crippen molar-refractivity contribution in [3.8, 4) is 11.5 Å². The van der Waals surface area contributed by atoms with Crippen LogP contribution in [0, 0.1) is 5.92 Å². The number of aromatic nitrogens is 2. The van der Waals surface area contributed by atoms with Crippen LogP contribution in [0.15, 0.2) is 35.3 Å². The summed E-state index contributed by atoms with van der Waals surface area (Å²) in [7, 11) is 0. The third kappa shape index (κ3) is 2.60. The number of rotatable bonds is 3. The lowest BCUT2D eigenvalue weighted by Crippen LogP contribution is -2.32. The number of fused-ring (bicyclic) bond motifs is 2. The lowest BCUT2D eigenvalue weighted by molar-refractivity contribution is -0.0260. The van der Waals surface area contributed by atoms with Gasteiger partial charge in [0.15, 0.2) is 17.3 Å². The van der Waals surface area contributed by atoms with Gasteiger partial charge in [0.25, 0.3) is 0 Å². The van der Waals surface area contributed by atoms with Crippen LogP contribution < -0.4 is 15.7 Å². The Morgan fingerprint density at radius 1 is 1.24 bits per heavy atom. The molecule has 4 atom stereocenters. The van der Waals surface area contributed by atoms with E-state index in [2.05, 4.69) is 10.3 Å². The van der Waals surface area contributed by atoms with Gasteiger partial charge in [-0.25, -0.2) is 4.79 Å². The third-order valence-electron chi connectivity index (χ3n) is 4.93. The second kappa shape index (κ2) is 6.16. The van der Waals surface area contributed by atoms with Crippen LogP contribution in [-0.2, 0) is 4.74 Å². The highest BCUT2D eigenvalue weighted by atomic mass is 16.5. The zero-order valence-electron chi connectivity index (χ0n) is 14.2. The smallest absolute Gasteiger partial charge is 0.351 e. The Labute approximate surface area is 145 Å². The number of nitrogens with one attached hydrogen (secondary N) is 1. The van der Waals surface area contributed by atoms with Gasteiger partial charge in [0.05, 0.1) is 24.1 Å². The Balaban J connectivity index is 1.72. The first-order valence-electron chi connectivity index (χ1n) is 8.63. The summed E-state index contributed by atoms with van der Waals surface area (Å²) < 4.78 is 13.3. The van der Waals surface area contributed by atoms with Crippen LogP contribution in [0.3, 0.4) is 0 Å². The van der Waals surface area contributed by atoms with Crippen molar-refractivity contribution in [2.24, 2.45) is 5.92 Å². The van der Waals surface area contributed by atoms with Crippen molar-refractivity contribution < 1.29 is 14.6 Å². The number of hydrogen-bond donors (Lipinski definition) is 2. The van der Waals surface area contributed by atoms with E-state index in [1.165, 1.54) is 4.57 Å². The highest BCUT2D eigenvalue weighted by Gasteiger charge is 2.43. The Kier molecular flexibility index (Phi) is 3.97. The molecule has 0 spiro atoms. The number of benzene rings is 1. The lowest BCUT2D eigenvalue weighted by atomic mass is 9.96. The molecule has 7 heteroatoms. The van der Waals surface area contributed by atoms with Gasteiger partial charge in [-0.15, -0.1) is 0 Å². The first-order valence-corrected chi connectivity index (χ1v) is 8.63. The van der Waals surface area contributed by atoms with Crippen LogP contribution in [0.4, 0.5) is 11.5 Å². The first kappa shape index (κ1) is 16.1. The maximum absolute atomic E-state index is 12.5. The van der Waals surface area contributed by atoms with Crippen molar-refractivity contribution >= 4 is 11.5 Å². The molecule has 0 aliphatic carbocycles. The lowest BCUT2D eigenvalue weighted by Gasteiger charge is -2.24. The predicted molar refractivity (Wildman–Crippen MR) is 92.3 cm³/mol. The van der Waals surface area contributed by atoms with E-state index in [1.807, 2.05) is 38.1 Å². The first-order chi connectivity index (χ1) is 12.1. The van der Waals surface area contributed by atoms with Crippen LogP contribution in [0.1, 0.15) is 32.9 Å². The largest absolute Gasteiger partial charge is 0.450 e. The summed E-state index contributed by atoms with van der Waals surface area (Å²) in [4.78, 5) is 16.7. The van der Waals surface area contributed by atoms with Crippen molar-refractivity contribution in [3.05, 3.63) is 40.9 Å². The van der Waals surface area contributed by atoms with E-state index < -0.39 is 18.0 Å². The number of aliphatic hydroxyl groups excluding tert-OH is 1. The summed E-state index contributed by atoms with van der Waals surface area (Å²) in [6.45, 7) is 3.94. The molecule has 1 saturated heterocycles. The SMILES string of the molecule is CCC1OC(n2cc3c(nc2=O)Nc2ccccc2O3)C(CC)C1O. The summed E-state index contributed by atoms with van der Waals surface area (Å²) in [6.07, 6.45) is 1.59. The van der Waals surface area contributed by atoms with Crippen LogP contribution in [0.5, 0.6) is 11.5 Å². The quantitative estimate of drug-likeness (QED) is 0.761. The normalized spacial score (nSPS) is 27.2. The van der Waals surface area contributed by atoms with Gasteiger partial charge in [-0.1, -0.05) is 26.0 Å². The second-order valence-electron chi connectivity index (χ2n) is 6.40. The van der Waals surface area contributed by atoms with Crippen LogP contribution in [0.2, 0.25) is 0 Å². The number of anilines is 2.